The van der Waals surface area contributed by atoms with Crippen LogP contribution in [0.1, 0.15) is 115 Å². The number of aromatic nitrogens is 1. The molecule has 3 rings (SSSR count). The van der Waals surface area contributed by atoms with Gasteiger partial charge in [-0.2, -0.15) is 0 Å². The van der Waals surface area contributed by atoms with Crippen molar-refractivity contribution >= 4 is 11.1 Å². The summed E-state index contributed by atoms with van der Waals surface area (Å²) in [6.45, 7) is 2.28. The molecule has 1 aliphatic carbocycles. The fraction of sp³-hybridized carbons (Fsp3) is 0.600. The Labute approximate surface area is 205 Å². The van der Waals surface area contributed by atoms with E-state index in [1.807, 2.05) is 0 Å². The topological polar surface area (TPSA) is 63.3 Å². The molecule has 4 heteroatoms. The van der Waals surface area contributed by atoms with Gasteiger partial charge in [-0.05, 0) is 36.6 Å². The van der Waals surface area contributed by atoms with Crippen LogP contribution in [0, 0.1) is 0 Å². The Kier molecular flexibility index (Phi) is 11.4. The molecule has 0 spiro atoms. The number of benzene rings is 2. The number of fused-ring (bicyclic) bond motifs is 2. The molecule has 0 amide bonds. The minimum Gasteiger partial charge on any atom is -0.508 e. The number of unbranched alkanes of at least 4 members (excludes halogenated alkanes) is 15. The first-order valence-corrected chi connectivity index (χ1v) is 13.7. The Bertz CT molecular complexity index is 1010. The van der Waals surface area contributed by atoms with Gasteiger partial charge >= 0.3 is 0 Å². The zero-order valence-electron chi connectivity index (χ0n) is 21.1. The number of aryl methyl sites for hydroxylation is 1. The molecule has 4 nitrogen and oxygen atoms in total. The lowest BCUT2D eigenvalue weighted by Crippen LogP contribution is -2.06. The van der Waals surface area contributed by atoms with Crippen molar-refractivity contribution in [1.82, 2.24) is 4.98 Å². The molecule has 1 heterocycles. The van der Waals surface area contributed by atoms with Crippen LogP contribution in [-0.2, 0) is 6.42 Å². The van der Waals surface area contributed by atoms with Gasteiger partial charge in [0.15, 0.2) is 16.8 Å². The van der Waals surface area contributed by atoms with Crippen molar-refractivity contribution in [3.8, 4) is 17.2 Å². The molecule has 0 unspecified atom stereocenters. The molecule has 1 aromatic carbocycles. The number of aromatic hydroxyl groups is 1. The van der Waals surface area contributed by atoms with Crippen LogP contribution in [0.3, 0.4) is 0 Å². The van der Waals surface area contributed by atoms with Crippen molar-refractivity contribution in [3.05, 3.63) is 46.1 Å². The molecule has 0 aromatic heterocycles. The van der Waals surface area contributed by atoms with E-state index in [9.17, 15) is 9.90 Å². The van der Waals surface area contributed by atoms with Crippen LogP contribution in [0.5, 0.6) is 5.75 Å². The van der Waals surface area contributed by atoms with Crippen LogP contribution >= 0.6 is 0 Å². The molecule has 186 valence electrons. The van der Waals surface area contributed by atoms with E-state index in [1.165, 1.54) is 108 Å². The van der Waals surface area contributed by atoms with Crippen LogP contribution in [0.4, 0.5) is 0 Å². The van der Waals surface area contributed by atoms with Crippen molar-refractivity contribution < 1.29 is 9.52 Å². The summed E-state index contributed by atoms with van der Waals surface area (Å²) in [5.41, 5.74) is 2.86. The van der Waals surface area contributed by atoms with Crippen LogP contribution < -0.4 is 5.43 Å². The minimum absolute atomic E-state index is 0.0518. The maximum Gasteiger partial charge on any atom is 0.182 e. The molecule has 0 fully saturated rings. The summed E-state index contributed by atoms with van der Waals surface area (Å²) < 4.78 is 5.86. The van der Waals surface area contributed by atoms with E-state index >= 15 is 0 Å². The highest BCUT2D eigenvalue weighted by molar-refractivity contribution is 5.78. The molecule has 1 aromatic rings. The molecule has 2 aliphatic rings. The van der Waals surface area contributed by atoms with Gasteiger partial charge in [0.2, 0.25) is 0 Å². The number of hydrogen-bond acceptors (Lipinski definition) is 4. The van der Waals surface area contributed by atoms with Crippen molar-refractivity contribution in [2.75, 3.05) is 0 Å². The van der Waals surface area contributed by atoms with E-state index in [4.69, 9.17) is 9.40 Å². The average molecular weight is 466 g/mol. The molecule has 0 saturated carbocycles. The second kappa shape index (κ2) is 14.8. The number of nitrogens with zero attached hydrogens (tertiary/aromatic N) is 1. The lowest BCUT2D eigenvalue weighted by molar-refractivity contribution is 0.474. The highest BCUT2D eigenvalue weighted by Crippen LogP contribution is 2.29. The summed E-state index contributed by atoms with van der Waals surface area (Å²) >= 11 is 0. The number of hydrogen-bond donors (Lipinski definition) is 1. The van der Waals surface area contributed by atoms with Crippen molar-refractivity contribution in [2.45, 2.75) is 116 Å². The second-order valence-corrected chi connectivity index (χ2v) is 9.85. The fourth-order valence-corrected chi connectivity index (χ4v) is 4.81. The zero-order chi connectivity index (χ0) is 24.0. The normalized spacial score (nSPS) is 11.6. The first-order chi connectivity index (χ1) is 16.7. The lowest BCUT2D eigenvalue weighted by Gasteiger charge is -2.11. The third-order valence-corrected chi connectivity index (χ3v) is 6.82. The Hall–Kier alpha value is -2.36. The zero-order valence-corrected chi connectivity index (χ0v) is 21.1. The van der Waals surface area contributed by atoms with E-state index < -0.39 is 0 Å². The van der Waals surface area contributed by atoms with Crippen LogP contribution in [-0.4, -0.2) is 10.1 Å². The van der Waals surface area contributed by atoms with E-state index in [1.54, 1.807) is 18.2 Å². The monoisotopic (exact) mass is 465 g/mol. The molecule has 0 radical (unpaired) electrons. The smallest absolute Gasteiger partial charge is 0.182 e. The highest BCUT2D eigenvalue weighted by atomic mass is 16.3. The van der Waals surface area contributed by atoms with Gasteiger partial charge in [0.25, 0.3) is 0 Å². The predicted octanol–water partition coefficient (Wildman–Crippen LogP) is 8.80. The first-order valence-electron chi connectivity index (χ1n) is 13.7. The molecular formula is C30H43NO3. The maximum atomic E-state index is 12.1. The number of phenols is 1. The number of phenolic OH excluding ortho intramolecular Hbond substituents is 1. The molecule has 1 N–H and O–H groups in total. The first kappa shape index (κ1) is 26.2. The third-order valence-electron chi connectivity index (χ3n) is 6.82. The lowest BCUT2D eigenvalue weighted by atomic mass is 10.0. The summed E-state index contributed by atoms with van der Waals surface area (Å²) in [6.07, 6.45) is 22.4. The Morgan fingerprint density at radius 2 is 1.29 bits per heavy atom. The highest BCUT2D eigenvalue weighted by Gasteiger charge is 2.15. The quantitative estimate of drug-likeness (QED) is 0.160. The van der Waals surface area contributed by atoms with Crippen molar-refractivity contribution in [1.29, 1.82) is 0 Å². The van der Waals surface area contributed by atoms with Gasteiger partial charge in [-0.15, -0.1) is 0 Å². The van der Waals surface area contributed by atoms with Gasteiger partial charge < -0.3 is 9.52 Å². The van der Waals surface area contributed by atoms with Gasteiger partial charge in [0.1, 0.15) is 17.0 Å². The van der Waals surface area contributed by atoms with E-state index in [2.05, 4.69) is 6.92 Å². The molecule has 0 bridgehead atoms. The molecule has 0 atom stereocenters. The Balaban J connectivity index is 1.28. The van der Waals surface area contributed by atoms with Gasteiger partial charge in [-0.3, -0.25) is 4.79 Å². The second-order valence-electron chi connectivity index (χ2n) is 9.85. The van der Waals surface area contributed by atoms with E-state index in [-0.39, 0.29) is 11.2 Å². The summed E-state index contributed by atoms with van der Waals surface area (Å²) in [4.78, 5) is 16.8. The molecule has 0 saturated heterocycles. The summed E-state index contributed by atoms with van der Waals surface area (Å²) in [6, 6.07) is 8.07. The largest absolute Gasteiger partial charge is 0.508 e. The maximum absolute atomic E-state index is 12.1. The van der Waals surface area contributed by atoms with Gasteiger partial charge in [-0.25, -0.2) is 4.98 Å². The fourth-order valence-electron chi connectivity index (χ4n) is 4.81. The standard InChI is InChI=1S/C30H43NO3/c1-2-3-4-5-6-7-8-9-10-11-12-13-14-15-16-17-18-24-21-26(33)23-29-30(24)31-27-20-19-25(32)22-28(27)34-29/h19-23,32H,2-18H2,1H3. The van der Waals surface area contributed by atoms with Gasteiger partial charge in [0, 0.05) is 12.1 Å². The van der Waals surface area contributed by atoms with Crippen molar-refractivity contribution in [2.24, 2.45) is 0 Å². The summed E-state index contributed by atoms with van der Waals surface area (Å²) in [5, 5.41) is 9.67. The van der Waals surface area contributed by atoms with Gasteiger partial charge in [0.05, 0.1) is 0 Å². The summed E-state index contributed by atoms with van der Waals surface area (Å²) in [5.74, 6) is 0.626. The van der Waals surface area contributed by atoms with E-state index in [0.29, 0.717) is 16.9 Å². The molecule has 34 heavy (non-hydrogen) atoms. The van der Waals surface area contributed by atoms with Crippen LogP contribution in [0.25, 0.3) is 22.6 Å². The van der Waals surface area contributed by atoms with E-state index in [0.717, 1.165) is 24.1 Å². The average Bonchev–Trinajstić information content (AvgIpc) is 2.82. The predicted molar refractivity (Wildman–Crippen MR) is 142 cm³/mol. The third kappa shape index (κ3) is 8.77. The Morgan fingerprint density at radius 1 is 0.735 bits per heavy atom. The number of rotatable bonds is 17. The van der Waals surface area contributed by atoms with Gasteiger partial charge in [-0.1, -0.05) is 103 Å². The van der Waals surface area contributed by atoms with Crippen LogP contribution in [0.2, 0.25) is 0 Å². The Morgan fingerprint density at radius 3 is 1.88 bits per heavy atom. The molecular weight excluding hydrogens is 422 g/mol. The molecule has 1 aliphatic heterocycles. The minimum atomic E-state index is -0.0518. The van der Waals surface area contributed by atoms with Crippen LogP contribution in [0.15, 0.2) is 39.5 Å². The van der Waals surface area contributed by atoms with Crippen molar-refractivity contribution in [3.63, 3.8) is 0 Å². The SMILES string of the molecule is CCCCCCCCCCCCCCCCCCc1cc(=O)cc2oc3cc(O)ccc3nc1-2. The summed E-state index contributed by atoms with van der Waals surface area (Å²) in [7, 11) is 0.